The van der Waals surface area contributed by atoms with E-state index in [0.29, 0.717) is 47.7 Å². The van der Waals surface area contributed by atoms with Gasteiger partial charge in [0, 0.05) is 28.4 Å². The van der Waals surface area contributed by atoms with Crippen LogP contribution >= 0.6 is 43.2 Å². The van der Waals surface area contributed by atoms with Gasteiger partial charge in [-0.2, -0.15) is 0 Å². The van der Waals surface area contributed by atoms with E-state index in [1.807, 2.05) is 13.8 Å². The SMILES string of the molecule is C[C@H](CCCC(C)(C)OC(=O)CCSSCCC(=O)O)[C@H]1CC[C@@]2(C)C3=C(CC[C@]12C)[C@@]1(C)CC(F)C2OC(=O)C(CSSCCC(=O)O)C2(C)[C@@H]1CC3. The predicted octanol–water partition coefficient (Wildman–Crippen LogP) is 10.4. The molecule has 0 spiro atoms. The Labute approximate surface area is 338 Å². The molecule has 5 rings (SSSR count). The molecular formula is C41H63FO8S4. The molecule has 0 aromatic rings. The first-order chi connectivity index (χ1) is 25.3. The minimum absolute atomic E-state index is 0.0494. The smallest absolute Gasteiger partial charge is 0.310 e. The largest absolute Gasteiger partial charge is 0.481 e. The number of hydrogen-bond acceptors (Lipinski definition) is 10. The van der Waals surface area contributed by atoms with Crippen molar-refractivity contribution in [2.24, 2.45) is 45.3 Å². The summed E-state index contributed by atoms with van der Waals surface area (Å²) in [5.41, 5.74) is 1.75. The van der Waals surface area contributed by atoms with Crippen molar-refractivity contribution in [1.82, 2.24) is 0 Å². The lowest BCUT2D eigenvalue weighted by Crippen LogP contribution is -2.60. The van der Waals surface area contributed by atoms with Crippen LogP contribution in [0.2, 0.25) is 0 Å². The lowest BCUT2D eigenvalue weighted by Gasteiger charge is -2.62. The number of carboxylic acid groups (broad SMARTS) is 2. The maximum absolute atomic E-state index is 16.4. The summed E-state index contributed by atoms with van der Waals surface area (Å²) >= 11 is 0. The Morgan fingerprint density at radius 3 is 2.20 bits per heavy atom. The number of allylic oxidation sites excluding steroid dienone is 2. The maximum atomic E-state index is 16.4. The van der Waals surface area contributed by atoms with Gasteiger partial charge in [-0.3, -0.25) is 19.2 Å². The minimum atomic E-state index is -1.21. The first-order valence-electron chi connectivity index (χ1n) is 20.0. The second kappa shape index (κ2) is 17.4. The van der Waals surface area contributed by atoms with Crippen LogP contribution in [-0.2, 0) is 28.7 Å². The van der Waals surface area contributed by atoms with Gasteiger partial charge in [0.25, 0.3) is 0 Å². The third kappa shape index (κ3) is 8.69. The normalized spacial score (nSPS) is 36.4. The number of aliphatic carboxylic acids is 2. The number of ether oxygens (including phenoxy) is 2. The van der Waals surface area contributed by atoms with Crippen LogP contribution in [0.1, 0.15) is 132 Å². The molecule has 1 saturated heterocycles. The van der Waals surface area contributed by atoms with Crippen molar-refractivity contribution in [3.05, 3.63) is 11.1 Å². The van der Waals surface area contributed by atoms with Gasteiger partial charge in [-0.1, -0.05) is 95.4 Å². The van der Waals surface area contributed by atoms with Gasteiger partial charge in [-0.05, 0) is 106 Å². The summed E-state index contributed by atoms with van der Waals surface area (Å²) in [6, 6.07) is 0. The molecule has 0 aromatic heterocycles. The number of rotatable bonds is 19. The van der Waals surface area contributed by atoms with E-state index in [-0.39, 0.29) is 46.9 Å². The number of esters is 2. The van der Waals surface area contributed by atoms with Crippen LogP contribution < -0.4 is 0 Å². The second-order valence-electron chi connectivity index (χ2n) is 18.2. The summed E-state index contributed by atoms with van der Waals surface area (Å²) in [5, 5.41) is 17.8. The van der Waals surface area contributed by atoms with Crippen molar-refractivity contribution in [1.29, 1.82) is 0 Å². The van der Waals surface area contributed by atoms with Crippen molar-refractivity contribution in [2.75, 3.05) is 23.0 Å². The van der Waals surface area contributed by atoms with Crippen LogP contribution in [-0.4, -0.2) is 75.0 Å². The highest BCUT2D eigenvalue weighted by Gasteiger charge is 2.70. The molecule has 0 bridgehead atoms. The molecule has 10 atom stereocenters. The van der Waals surface area contributed by atoms with Gasteiger partial charge >= 0.3 is 23.9 Å². The average Bonchev–Trinajstić information content (AvgIpc) is 3.51. The Kier molecular flexibility index (Phi) is 14.2. The minimum Gasteiger partial charge on any atom is -0.481 e. The number of fused-ring (bicyclic) bond motifs is 6. The Hall–Kier alpha value is -1.05. The van der Waals surface area contributed by atoms with Crippen LogP contribution in [0, 0.1) is 45.3 Å². The molecule has 4 aliphatic carbocycles. The molecular weight excluding hydrogens is 768 g/mol. The molecule has 3 fully saturated rings. The summed E-state index contributed by atoms with van der Waals surface area (Å²) in [7, 11) is 5.98. The molecule has 13 heteroatoms. The summed E-state index contributed by atoms with van der Waals surface area (Å²) in [6.07, 6.45) is 8.12. The Balaban J connectivity index is 1.21. The molecule has 0 amide bonds. The molecule has 2 N–H and O–H groups in total. The molecule has 1 heterocycles. The lowest BCUT2D eigenvalue weighted by atomic mass is 9.42. The van der Waals surface area contributed by atoms with Gasteiger partial charge in [0.2, 0.25) is 0 Å². The molecule has 1 aliphatic heterocycles. The number of alkyl halides is 1. The topological polar surface area (TPSA) is 127 Å². The molecule has 0 radical (unpaired) electrons. The van der Waals surface area contributed by atoms with Crippen LogP contribution in [0.25, 0.3) is 0 Å². The standard InChI is InChI=1S/C41H63FO8S4/c1-25(9-8-17-37(2,3)50-34(47)16-22-52-51-20-14-32(43)44)26-12-18-40(6)28-10-11-31-38(4,27(28)13-19-39(26,40)5)23-30(42)35-41(31,7)29(36(48)49-35)24-54-53-21-15-33(45)46/h25-26,29-31,35H,8-24H2,1-7H3,(H,43,44)(H,45,46)/t25-,26-,29?,30?,31-,35?,38-,39-,40+,41?/m1/s1. The van der Waals surface area contributed by atoms with E-state index >= 15 is 4.39 Å². The van der Waals surface area contributed by atoms with Crippen molar-refractivity contribution in [3.8, 4) is 0 Å². The highest BCUT2D eigenvalue weighted by Crippen LogP contribution is 2.74. The molecule has 2 saturated carbocycles. The molecule has 0 aromatic carbocycles. The number of carbonyl (C=O) groups excluding carboxylic acids is 2. The zero-order valence-corrected chi connectivity index (χ0v) is 36.6. The maximum Gasteiger partial charge on any atom is 0.310 e. The third-order valence-electron chi connectivity index (χ3n) is 14.8. The van der Waals surface area contributed by atoms with Crippen LogP contribution in [0.5, 0.6) is 0 Å². The van der Waals surface area contributed by atoms with Gasteiger partial charge in [-0.15, -0.1) is 0 Å². The summed E-state index contributed by atoms with van der Waals surface area (Å²) in [4.78, 5) is 47.6. The van der Waals surface area contributed by atoms with Gasteiger partial charge in [-0.25, -0.2) is 4.39 Å². The molecule has 5 aliphatic rings. The molecule has 4 unspecified atom stereocenters. The van der Waals surface area contributed by atoms with E-state index in [9.17, 15) is 19.2 Å². The van der Waals surface area contributed by atoms with Crippen LogP contribution in [0.4, 0.5) is 4.39 Å². The van der Waals surface area contributed by atoms with E-state index < -0.39 is 41.1 Å². The van der Waals surface area contributed by atoms with E-state index in [2.05, 4.69) is 34.6 Å². The van der Waals surface area contributed by atoms with E-state index in [0.717, 1.165) is 51.4 Å². The summed E-state index contributed by atoms with van der Waals surface area (Å²) < 4.78 is 28.2. The fourth-order valence-corrected chi connectivity index (χ4v) is 16.3. The summed E-state index contributed by atoms with van der Waals surface area (Å²) in [5.74, 6) is 0.786. The predicted molar refractivity (Wildman–Crippen MR) is 219 cm³/mol. The van der Waals surface area contributed by atoms with Gasteiger partial charge in [0.1, 0.15) is 17.9 Å². The Bertz CT molecular complexity index is 1460. The highest BCUT2D eigenvalue weighted by atomic mass is 33.1. The zero-order chi connectivity index (χ0) is 39.7. The highest BCUT2D eigenvalue weighted by molar-refractivity contribution is 8.77. The summed E-state index contributed by atoms with van der Waals surface area (Å²) in [6.45, 7) is 15.8. The van der Waals surface area contributed by atoms with Crippen molar-refractivity contribution in [2.45, 2.75) is 150 Å². The van der Waals surface area contributed by atoms with Crippen molar-refractivity contribution < 1.29 is 43.3 Å². The molecule has 8 nitrogen and oxygen atoms in total. The number of halogens is 1. The number of hydrogen-bond donors (Lipinski definition) is 2. The van der Waals surface area contributed by atoms with E-state index in [1.54, 1.807) is 5.57 Å². The number of carbonyl (C=O) groups is 4. The first kappa shape index (κ1) is 44.1. The third-order valence-corrected chi connectivity index (χ3v) is 19.6. The van der Waals surface area contributed by atoms with E-state index in [1.165, 1.54) is 55.2 Å². The van der Waals surface area contributed by atoms with E-state index in [4.69, 9.17) is 19.7 Å². The first-order valence-corrected chi connectivity index (χ1v) is 25.0. The van der Waals surface area contributed by atoms with Crippen LogP contribution in [0.3, 0.4) is 0 Å². The van der Waals surface area contributed by atoms with Gasteiger partial charge < -0.3 is 19.7 Å². The monoisotopic (exact) mass is 830 g/mol. The number of carboxylic acids is 2. The fraction of sp³-hybridized carbons (Fsp3) is 0.854. The second-order valence-corrected chi connectivity index (χ2v) is 23.6. The van der Waals surface area contributed by atoms with Gasteiger partial charge in [0.15, 0.2) is 0 Å². The molecule has 54 heavy (non-hydrogen) atoms. The van der Waals surface area contributed by atoms with Gasteiger partial charge in [0.05, 0.1) is 25.2 Å². The van der Waals surface area contributed by atoms with Crippen LogP contribution in [0.15, 0.2) is 11.1 Å². The quantitative estimate of drug-likeness (QED) is 0.0557. The van der Waals surface area contributed by atoms with Crippen molar-refractivity contribution >= 4 is 67.1 Å². The average molecular weight is 831 g/mol. The van der Waals surface area contributed by atoms with Crippen molar-refractivity contribution in [3.63, 3.8) is 0 Å². The molecule has 306 valence electrons. The zero-order valence-electron chi connectivity index (χ0n) is 33.3. The lowest BCUT2D eigenvalue weighted by molar-refractivity contribution is -0.156. The Morgan fingerprint density at radius 1 is 0.926 bits per heavy atom. The fourth-order valence-electron chi connectivity index (χ4n) is 11.9. The Morgan fingerprint density at radius 2 is 1.56 bits per heavy atom.